The Balaban J connectivity index is 1.40. The highest BCUT2D eigenvalue weighted by Gasteiger charge is 2.18. The Kier molecular flexibility index (Phi) is 7.69. The standard InChI is InChI=1S/C28H29FN8O3/c1-35(2)12-10-32-28(39)21-17-36(24-14-18(29)4-5-20(21)24)25-6-7-26(38)37(34-25)13-11-31-22-8-9-30-23-15-19(40-3)16-33-27(22)23/h4-9,14-17H,10-13H2,1-3H3,(H,30,31)(H,32,39). The lowest BCUT2D eigenvalue weighted by Gasteiger charge is -2.11. The van der Waals surface area contributed by atoms with Crippen molar-refractivity contribution in [2.24, 2.45) is 0 Å². The first-order valence-electron chi connectivity index (χ1n) is 12.7. The van der Waals surface area contributed by atoms with Gasteiger partial charge in [-0.05, 0) is 44.4 Å². The van der Waals surface area contributed by atoms with E-state index in [4.69, 9.17) is 4.74 Å². The van der Waals surface area contributed by atoms with Crippen molar-refractivity contribution in [2.75, 3.05) is 46.2 Å². The fourth-order valence-electron chi connectivity index (χ4n) is 4.35. The van der Waals surface area contributed by atoms with E-state index >= 15 is 0 Å². The zero-order valence-electron chi connectivity index (χ0n) is 22.4. The number of hydrogen-bond donors (Lipinski definition) is 2. The van der Waals surface area contributed by atoms with Crippen LogP contribution < -0.4 is 20.9 Å². The number of nitrogens with zero attached hydrogens (tertiary/aromatic N) is 6. The highest BCUT2D eigenvalue weighted by Crippen LogP contribution is 2.25. The zero-order valence-corrected chi connectivity index (χ0v) is 22.4. The van der Waals surface area contributed by atoms with Gasteiger partial charge in [-0.3, -0.25) is 19.1 Å². The predicted octanol–water partition coefficient (Wildman–Crippen LogP) is 2.68. The minimum absolute atomic E-state index is 0.248. The van der Waals surface area contributed by atoms with Crippen LogP contribution in [-0.4, -0.2) is 76.0 Å². The number of benzene rings is 1. The molecule has 206 valence electrons. The third kappa shape index (κ3) is 5.61. The normalized spacial score (nSPS) is 11.3. The van der Waals surface area contributed by atoms with Crippen molar-refractivity contribution in [1.29, 1.82) is 0 Å². The first kappa shape index (κ1) is 26.8. The number of halogens is 1. The van der Waals surface area contributed by atoms with Crippen LogP contribution in [0.25, 0.3) is 27.8 Å². The van der Waals surface area contributed by atoms with Crippen LogP contribution in [0.3, 0.4) is 0 Å². The molecule has 4 heterocycles. The summed E-state index contributed by atoms with van der Waals surface area (Å²) in [6.45, 7) is 1.77. The lowest BCUT2D eigenvalue weighted by molar-refractivity contribution is 0.0952. The molecule has 5 rings (SSSR count). The van der Waals surface area contributed by atoms with Gasteiger partial charge in [0.15, 0.2) is 5.82 Å². The van der Waals surface area contributed by atoms with E-state index in [1.54, 1.807) is 54.5 Å². The SMILES string of the molecule is COc1cnc2c(NCCn3nc(-n4cc(C(=O)NCCN(C)C)c5ccc(F)cc54)ccc3=O)ccnc2c1. The Bertz CT molecular complexity index is 1750. The van der Waals surface area contributed by atoms with E-state index in [0.717, 1.165) is 5.69 Å². The maximum Gasteiger partial charge on any atom is 0.266 e. The van der Waals surface area contributed by atoms with Crippen LogP contribution in [0, 0.1) is 5.82 Å². The first-order valence-corrected chi connectivity index (χ1v) is 12.7. The van der Waals surface area contributed by atoms with E-state index in [9.17, 15) is 14.0 Å². The summed E-state index contributed by atoms with van der Waals surface area (Å²) in [5.74, 6) is 0.271. The van der Waals surface area contributed by atoms with Crippen LogP contribution in [0.2, 0.25) is 0 Å². The molecule has 5 aromatic rings. The zero-order chi connectivity index (χ0) is 28.2. The molecule has 0 fully saturated rings. The first-order chi connectivity index (χ1) is 19.3. The summed E-state index contributed by atoms with van der Waals surface area (Å²) >= 11 is 0. The molecule has 0 aliphatic heterocycles. The van der Waals surface area contributed by atoms with Crippen molar-refractivity contribution < 1.29 is 13.9 Å². The van der Waals surface area contributed by atoms with Crippen molar-refractivity contribution in [3.05, 3.63) is 82.8 Å². The van der Waals surface area contributed by atoms with Crippen molar-refractivity contribution in [1.82, 2.24) is 34.5 Å². The van der Waals surface area contributed by atoms with Crippen LogP contribution in [0.1, 0.15) is 10.4 Å². The molecule has 0 aliphatic carbocycles. The molecule has 1 aromatic carbocycles. The number of fused-ring (bicyclic) bond motifs is 2. The molecule has 2 N–H and O–H groups in total. The molecule has 0 saturated heterocycles. The Hall–Kier alpha value is -4.84. The number of carbonyl (C=O) groups is 1. The van der Waals surface area contributed by atoms with Gasteiger partial charge in [0.05, 0.1) is 42.1 Å². The second kappa shape index (κ2) is 11.5. The van der Waals surface area contributed by atoms with Gasteiger partial charge in [0, 0.05) is 49.5 Å². The van der Waals surface area contributed by atoms with E-state index < -0.39 is 5.82 Å². The molecule has 0 bridgehead atoms. The topological polar surface area (TPSA) is 119 Å². The number of carbonyl (C=O) groups excluding carboxylic acids is 1. The molecule has 4 aromatic heterocycles. The summed E-state index contributed by atoms with van der Waals surface area (Å²) in [6.07, 6.45) is 4.90. The van der Waals surface area contributed by atoms with Crippen molar-refractivity contribution in [3.63, 3.8) is 0 Å². The lowest BCUT2D eigenvalue weighted by Crippen LogP contribution is -2.31. The van der Waals surface area contributed by atoms with Gasteiger partial charge in [0.2, 0.25) is 0 Å². The third-order valence-electron chi connectivity index (χ3n) is 6.38. The molecule has 0 radical (unpaired) electrons. The van der Waals surface area contributed by atoms with Gasteiger partial charge in [0.1, 0.15) is 17.1 Å². The highest BCUT2D eigenvalue weighted by molar-refractivity contribution is 6.07. The number of amides is 1. The van der Waals surface area contributed by atoms with Gasteiger partial charge >= 0.3 is 0 Å². The second-order valence-corrected chi connectivity index (χ2v) is 9.41. The van der Waals surface area contributed by atoms with Gasteiger partial charge in [0.25, 0.3) is 11.5 Å². The van der Waals surface area contributed by atoms with Crippen molar-refractivity contribution in [3.8, 4) is 11.6 Å². The number of methoxy groups -OCH3 is 1. The van der Waals surface area contributed by atoms with Gasteiger partial charge in [-0.2, -0.15) is 5.10 Å². The fourth-order valence-corrected chi connectivity index (χ4v) is 4.35. The molecule has 0 atom stereocenters. The molecule has 12 heteroatoms. The number of rotatable bonds is 10. The van der Waals surface area contributed by atoms with E-state index in [1.165, 1.54) is 22.9 Å². The van der Waals surface area contributed by atoms with E-state index in [-0.39, 0.29) is 18.0 Å². The van der Waals surface area contributed by atoms with Gasteiger partial charge in [-0.15, -0.1) is 0 Å². The van der Waals surface area contributed by atoms with Gasteiger partial charge in [-0.25, -0.2) is 14.1 Å². The lowest BCUT2D eigenvalue weighted by atomic mass is 10.1. The summed E-state index contributed by atoms with van der Waals surface area (Å²) in [5.41, 5.74) is 2.68. The minimum Gasteiger partial charge on any atom is -0.495 e. The Labute approximate surface area is 229 Å². The van der Waals surface area contributed by atoms with Crippen LogP contribution in [0.15, 0.2) is 65.8 Å². The Morgan fingerprint density at radius 1 is 1.10 bits per heavy atom. The monoisotopic (exact) mass is 544 g/mol. The molecule has 1 amide bonds. The maximum atomic E-state index is 14.2. The average molecular weight is 545 g/mol. The number of likely N-dealkylation sites (N-methyl/N-ethyl adjacent to an activating group) is 1. The molecule has 0 unspecified atom stereocenters. The molecule has 40 heavy (non-hydrogen) atoms. The molecule has 11 nitrogen and oxygen atoms in total. The summed E-state index contributed by atoms with van der Waals surface area (Å²) in [5, 5.41) is 11.3. The van der Waals surface area contributed by atoms with E-state index in [2.05, 4.69) is 25.7 Å². The van der Waals surface area contributed by atoms with Gasteiger partial charge in [-0.1, -0.05) is 0 Å². The number of anilines is 1. The summed E-state index contributed by atoms with van der Waals surface area (Å²) in [4.78, 5) is 36.3. The number of hydrogen-bond acceptors (Lipinski definition) is 8. The van der Waals surface area contributed by atoms with Gasteiger partial charge < -0.3 is 20.3 Å². The average Bonchev–Trinajstić information content (AvgIpc) is 3.32. The third-order valence-corrected chi connectivity index (χ3v) is 6.38. The summed E-state index contributed by atoms with van der Waals surface area (Å²) in [6, 6.07) is 10.8. The largest absolute Gasteiger partial charge is 0.495 e. The number of aromatic nitrogens is 5. The van der Waals surface area contributed by atoms with Crippen molar-refractivity contribution in [2.45, 2.75) is 6.54 Å². The smallest absolute Gasteiger partial charge is 0.266 e. The molecule has 0 saturated carbocycles. The highest BCUT2D eigenvalue weighted by atomic mass is 19.1. The summed E-state index contributed by atoms with van der Waals surface area (Å²) < 4.78 is 22.4. The van der Waals surface area contributed by atoms with E-state index in [0.29, 0.717) is 58.7 Å². The molecule has 0 aliphatic rings. The molecular weight excluding hydrogens is 515 g/mol. The number of pyridine rings is 2. The van der Waals surface area contributed by atoms with Crippen LogP contribution in [-0.2, 0) is 6.54 Å². The number of nitrogens with one attached hydrogen (secondary N) is 2. The fraction of sp³-hybridized carbons (Fsp3) is 0.250. The Morgan fingerprint density at radius 3 is 2.75 bits per heavy atom. The summed E-state index contributed by atoms with van der Waals surface area (Å²) in [7, 11) is 5.41. The maximum absolute atomic E-state index is 14.2. The van der Waals surface area contributed by atoms with Crippen molar-refractivity contribution >= 4 is 33.5 Å². The van der Waals surface area contributed by atoms with Crippen LogP contribution in [0.4, 0.5) is 10.1 Å². The minimum atomic E-state index is -0.445. The van der Waals surface area contributed by atoms with E-state index in [1.807, 2.05) is 19.0 Å². The number of ether oxygens (including phenoxy) is 1. The van der Waals surface area contributed by atoms with Crippen LogP contribution in [0.5, 0.6) is 5.75 Å². The predicted molar refractivity (Wildman–Crippen MR) is 151 cm³/mol. The quantitative estimate of drug-likeness (QED) is 0.276. The Morgan fingerprint density at radius 2 is 1.95 bits per heavy atom. The molecular formula is C28H29FN8O3. The molecule has 0 spiro atoms. The second-order valence-electron chi connectivity index (χ2n) is 9.41. The van der Waals surface area contributed by atoms with Crippen LogP contribution >= 0.6 is 0 Å².